The highest BCUT2D eigenvalue weighted by molar-refractivity contribution is 5.74. The second-order valence-corrected chi connectivity index (χ2v) is 6.07. The Bertz CT molecular complexity index is 430. The van der Waals surface area contributed by atoms with Gasteiger partial charge < -0.3 is 15.0 Å². The van der Waals surface area contributed by atoms with E-state index in [-0.39, 0.29) is 6.03 Å². The van der Waals surface area contributed by atoms with Crippen LogP contribution in [0.15, 0.2) is 30.3 Å². The first-order valence-electron chi connectivity index (χ1n) is 8.35. The zero-order chi connectivity index (χ0) is 15.6. The van der Waals surface area contributed by atoms with Crippen molar-refractivity contribution in [1.29, 1.82) is 0 Å². The van der Waals surface area contributed by atoms with Gasteiger partial charge in [0.05, 0.1) is 6.61 Å². The summed E-state index contributed by atoms with van der Waals surface area (Å²) in [5, 5.41) is 3.07. The Balaban J connectivity index is 1.79. The lowest BCUT2D eigenvalue weighted by Crippen LogP contribution is -2.41. The monoisotopic (exact) mass is 304 g/mol. The highest BCUT2D eigenvalue weighted by atomic mass is 16.5. The number of urea groups is 1. The summed E-state index contributed by atoms with van der Waals surface area (Å²) in [5.74, 6) is 0.807. The zero-order valence-corrected chi connectivity index (χ0v) is 13.6. The summed E-state index contributed by atoms with van der Waals surface area (Å²) in [5.41, 5.74) is 1.14. The van der Waals surface area contributed by atoms with E-state index in [4.69, 9.17) is 4.74 Å². The fraction of sp³-hybridized carbons (Fsp3) is 0.611. The molecular formula is C18H28N2O2. The molecule has 22 heavy (non-hydrogen) atoms. The van der Waals surface area contributed by atoms with Crippen molar-refractivity contribution < 1.29 is 9.53 Å². The zero-order valence-electron chi connectivity index (χ0n) is 13.6. The summed E-state index contributed by atoms with van der Waals surface area (Å²) in [4.78, 5) is 14.2. The maximum absolute atomic E-state index is 12.4. The Kier molecular flexibility index (Phi) is 7.23. The molecule has 0 saturated heterocycles. The van der Waals surface area contributed by atoms with Crippen LogP contribution >= 0.6 is 0 Å². The molecule has 1 aromatic carbocycles. The molecule has 122 valence electrons. The van der Waals surface area contributed by atoms with Crippen molar-refractivity contribution in [2.45, 2.75) is 38.6 Å². The third kappa shape index (κ3) is 5.68. The predicted octanol–water partition coefficient (Wildman–Crippen LogP) is 3.42. The minimum absolute atomic E-state index is 0.0129. The third-order valence-electron chi connectivity index (χ3n) is 4.37. The molecule has 0 aromatic heterocycles. The molecule has 0 spiro atoms. The van der Waals surface area contributed by atoms with Crippen LogP contribution in [0.5, 0.6) is 0 Å². The smallest absolute Gasteiger partial charge is 0.317 e. The van der Waals surface area contributed by atoms with Crippen molar-refractivity contribution >= 4 is 6.03 Å². The summed E-state index contributed by atoms with van der Waals surface area (Å²) >= 11 is 0. The van der Waals surface area contributed by atoms with E-state index in [0.717, 1.165) is 24.4 Å². The molecule has 0 atom stereocenters. The second kappa shape index (κ2) is 9.46. The molecule has 1 fully saturated rings. The van der Waals surface area contributed by atoms with E-state index in [1.54, 1.807) is 7.11 Å². The van der Waals surface area contributed by atoms with E-state index in [1.165, 1.54) is 25.7 Å². The van der Waals surface area contributed by atoms with Crippen LogP contribution in [0, 0.1) is 5.92 Å². The van der Waals surface area contributed by atoms with Crippen molar-refractivity contribution in [3.8, 4) is 0 Å². The second-order valence-electron chi connectivity index (χ2n) is 6.07. The number of carbonyl (C=O) groups excluding carboxylic acids is 1. The average molecular weight is 304 g/mol. The van der Waals surface area contributed by atoms with E-state index in [9.17, 15) is 4.79 Å². The normalized spacial score (nSPS) is 15.0. The maximum atomic E-state index is 12.4. The SMILES string of the molecule is COCCN(Cc1ccccc1)C(=O)NCCC1CCCC1. The standard InChI is InChI=1S/C18H28N2O2/c1-22-14-13-20(15-17-9-3-2-4-10-17)18(21)19-12-11-16-7-5-6-8-16/h2-4,9-10,16H,5-8,11-15H2,1H3,(H,19,21). The minimum Gasteiger partial charge on any atom is -0.383 e. The molecule has 4 heteroatoms. The highest BCUT2D eigenvalue weighted by Crippen LogP contribution is 2.26. The number of nitrogens with one attached hydrogen (secondary N) is 1. The van der Waals surface area contributed by atoms with Crippen molar-refractivity contribution in [3.05, 3.63) is 35.9 Å². The first-order valence-corrected chi connectivity index (χ1v) is 8.35. The van der Waals surface area contributed by atoms with E-state index in [0.29, 0.717) is 19.7 Å². The highest BCUT2D eigenvalue weighted by Gasteiger charge is 2.17. The minimum atomic E-state index is 0.0129. The number of hydrogen-bond acceptors (Lipinski definition) is 2. The van der Waals surface area contributed by atoms with Gasteiger partial charge in [-0.1, -0.05) is 56.0 Å². The first kappa shape index (κ1) is 16.8. The van der Waals surface area contributed by atoms with Gasteiger partial charge in [0.25, 0.3) is 0 Å². The molecule has 0 aliphatic heterocycles. The van der Waals surface area contributed by atoms with Crippen LogP contribution in [0.4, 0.5) is 4.79 Å². The molecule has 1 aromatic rings. The van der Waals surface area contributed by atoms with Gasteiger partial charge in [0, 0.05) is 26.7 Å². The lowest BCUT2D eigenvalue weighted by Gasteiger charge is -2.23. The van der Waals surface area contributed by atoms with Crippen molar-refractivity contribution in [2.75, 3.05) is 26.8 Å². The van der Waals surface area contributed by atoms with Crippen LogP contribution in [-0.4, -0.2) is 37.7 Å². The molecule has 2 amide bonds. The molecule has 1 saturated carbocycles. The Morgan fingerprint density at radius 1 is 1.27 bits per heavy atom. The summed E-state index contributed by atoms with van der Waals surface area (Å²) < 4.78 is 5.12. The van der Waals surface area contributed by atoms with Gasteiger partial charge in [-0.3, -0.25) is 0 Å². The first-order chi connectivity index (χ1) is 10.8. The molecule has 0 unspecified atom stereocenters. The largest absolute Gasteiger partial charge is 0.383 e. The van der Waals surface area contributed by atoms with Gasteiger partial charge in [-0.05, 0) is 17.9 Å². The van der Waals surface area contributed by atoms with Gasteiger partial charge in [-0.25, -0.2) is 4.79 Å². The van der Waals surface area contributed by atoms with Crippen LogP contribution in [0.1, 0.15) is 37.7 Å². The van der Waals surface area contributed by atoms with Gasteiger partial charge in [0.2, 0.25) is 0 Å². The van der Waals surface area contributed by atoms with E-state index < -0.39 is 0 Å². The lowest BCUT2D eigenvalue weighted by atomic mass is 10.0. The Morgan fingerprint density at radius 3 is 2.68 bits per heavy atom. The molecule has 1 N–H and O–H groups in total. The molecule has 4 nitrogen and oxygen atoms in total. The lowest BCUT2D eigenvalue weighted by molar-refractivity contribution is 0.146. The van der Waals surface area contributed by atoms with Gasteiger partial charge in [0.15, 0.2) is 0 Å². The summed E-state index contributed by atoms with van der Waals surface area (Å²) in [6, 6.07) is 10.1. The molecule has 1 aliphatic carbocycles. The average Bonchev–Trinajstić information content (AvgIpc) is 3.05. The number of hydrogen-bond donors (Lipinski definition) is 1. The van der Waals surface area contributed by atoms with Crippen molar-refractivity contribution in [1.82, 2.24) is 10.2 Å². The topological polar surface area (TPSA) is 41.6 Å². The van der Waals surface area contributed by atoms with Crippen LogP contribution in [0.3, 0.4) is 0 Å². The molecular weight excluding hydrogens is 276 g/mol. The fourth-order valence-electron chi connectivity index (χ4n) is 3.05. The van der Waals surface area contributed by atoms with Crippen LogP contribution in [-0.2, 0) is 11.3 Å². The number of methoxy groups -OCH3 is 1. The third-order valence-corrected chi connectivity index (χ3v) is 4.37. The van der Waals surface area contributed by atoms with E-state index in [1.807, 2.05) is 35.2 Å². The molecule has 1 aliphatic rings. The Morgan fingerprint density at radius 2 is 2.00 bits per heavy atom. The number of rotatable bonds is 8. The number of amides is 2. The van der Waals surface area contributed by atoms with Crippen LogP contribution in [0.25, 0.3) is 0 Å². The maximum Gasteiger partial charge on any atom is 0.317 e. The summed E-state index contributed by atoms with van der Waals surface area (Å²) in [7, 11) is 1.67. The van der Waals surface area contributed by atoms with Crippen molar-refractivity contribution in [2.24, 2.45) is 5.92 Å². The quantitative estimate of drug-likeness (QED) is 0.799. The summed E-state index contributed by atoms with van der Waals surface area (Å²) in [6.45, 7) is 2.57. The summed E-state index contributed by atoms with van der Waals surface area (Å²) in [6.07, 6.45) is 6.47. The number of ether oxygens (including phenoxy) is 1. The van der Waals surface area contributed by atoms with Gasteiger partial charge in [-0.15, -0.1) is 0 Å². The van der Waals surface area contributed by atoms with Crippen molar-refractivity contribution in [3.63, 3.8) is 0 Å². The molecule has 2 rings (SSSR count). The molecule has 0 heterocycles. The predicted molar refractivity (Wildman–Crippen MR) is 88.7 cm³/mol. The van der Waals surface area contributed by atoms with Gasteiger partial charge >= 0.3 is 6.03 Å². The van der Waals surface area contributed by atoms with E-state index in [2.05, 4.69) is 5.32 Å². The van der Waals surface area contributed by atoms with Gasteiger partial charge in [-0.2, -0.15) is 0 Å². The number of nitrogens with zero attached hydrogens (tertiary/aromatic N) is 1. The number of benzene rings is 1. The molecule has 0 radical (unpaired) electrons. The fourth-order valence-corrected chi connectivity index (χ4v) is 3.05. The Hall–Kier alpha value is -1.55. The molecule has 0 bridgehead atoms. The Labute approximate surface area is 133 Å². The van der Waals surface area contributed by atoms with Crippen LogP contribution in [0.2, 0.25) is 0 Å². The van der Waals surface area contributed by atoms with E-state index >= 15 is 0 Å². The number of carbonyl (C=O) groups is 1. The van der Waals surface area contributed by atoms with Gasteiger partial charge in [0.1, 0.15) is 0 Å². The van der Waals surface area contributed by atoms with Crippen LogP contribution < -0.4 is 5.32 Å².